The molecule has 0 aromatic heterocycles. The summed E-state index contributed by atoms with van der Waals surface area (Å²) in [5.74, 6) is -1.82. The Morgan fingerprint density at radius 1 is 0.905 bits per heavy atom. The van der Waals surface area contributed by atoms with Crippen LogP contribution in [0.5, 0.6) is 0 Å². The third kappa shape index (κ3) is 2.97. The van der Waals surface area contributed by atoms with Crippen molar-refractivity contribution in [3.8, 4) is 0 Å². The van der Waals surface area contributed by atoms with E-state index in [1.807, 2.05) is 0 Å². The van der Waals surface area contributed by atoms with Gasteiger partial charge in [0.1, 0.15) is 0 Å². The van der Waals surface area contributed by atoms with E-state index in [0.29, 0.717) is 17.9 Å². The summed E-state index contributed by atoms with van der Waals surface area (Å²) in [7, 11) is 0. The number of hydrogen-bond acceptors (Lipinski definition) is 3. The number of carboxylic acids is 1. The second-order valence-electron chi connectivity index (χ2n) is 4.27. The molecule has 1 N–H and O–H groups in total. The maximum Gasteiger partial charge on any atom is 0.303 e. The van der Waals surface area contributed by atoms with Gasteiger partial charge in [-0.3, -0.25) is 19.3 Å². The lowest BCUT2D eigenvalue weighted by atomic mass is 10.1. The maximum absolute atomic E-state index is 12.4. The van der Waals surface area contributed by atoms with Gasteiger partial charge in [0.05, 0.1) is 11.1 Å². The highest BCUT2D eigenvalue weighted by molar-refractivity contribution is 9.15. The van der Waals surface area contributed by atoms with E-state index in [1.54, 1.807) is 0 Å². The number of imide groups is 1. The van der Waals surface area contributed by atoms with E-state index in [1.165, 1.54) is 0 Å². The first-order valence-electron chi connectivity index (χ1n) is 5.71. The molecule has 2 amide bonds. The zero-order valence-electron chi connectivity index (χ0n) is 10.3. The van der Waals surface area contributed by atoms with Crippen LogP contribution < -0.4 is 0 Å². The van der Waals surface area contributed by atoms with E-state index in [0.717, 1.165) is 4.90 Å². The molecule has 1 aromatic carbocycles. The number of nitrogens with zero attached hydrogens (tertiary/aromatic N) is 1. The number of amides is 2. The van der Waals surface area contributed by atoms with E-state index < -0.39 is 17.8 Å². The number of carboxylic acid groups (broad SMARTS) is 1. The summed E-state index contributed by atoms with van der Waals surface area (Å²) in [6.45, 7) is 0.0762. The molecule has 21 heavy (non-hydrogen) atoms. The van der Waals surface area contributed by atoms with Gasteiger partial charge in [-0.25, -0.2) is 0 Å². The molecule has 112 valence electrons. The molecule has 0 unspecified atom stereocenters. The van der Waals surface area contributed by atoms with Crippen LogP contribution in [0.3, 0.4) is 0 Å². The van der Waals surface area contributed by atoms with E-state index in [9.17, 15) is 14.4 Å². The van der Waals surface area contributed by atoms with Gasteiger partial charge in [0.2, 0.25) is 0 Å². The van der Waals surface area contributed by atoms with Crippen LogP contribution >= 0.6 is 63.7 Å². The Hall–Kier alpha value is -0.250. The van der Waals surface area contributed by atoms with Crippen LogP contribution in [-0.2, 0) is 4.79 Å². The summed E-state index contributed by atoms with van der Waals surface area (Å²) in [5, 5.41) is 8.64. The van der Waals surface area contributed by atoms with Gasteiger partial charge in [-0.1, -0.05) is 0 Å². The first-order valence-corrected chi connectivity index (χ1v) is 8.88. The van der Waals surface area contributed by atoms with Gasteiger partial charge >= 0.3 is 5.97 Å². The molecule has 1 aliphatic rings. The molecule has 0 saturated carbocycles. The van der Waals surface area contributed by atoms with Crippen molar-refractivity contribution in [2.24, 2.45) is 0 Å². The number of aliphatic carboxylic acids is 1. The largest absolute Gasteiger partial charge is 0.481 e. The summed E-state index contributed by atoms with van der Waals surface area (Å²) in [6.07, 6.45) is 0.127. The lowest BCUT2D eigenvalue weighted by Gasteiger charge is -2.12. The van der Waals surface area contributed by atoms with Crippen LogP contribution in [0.25, 0.3) is 0 Å². The normalized spacial score (nSPS) is 13.8. The van der Waals surface area contributed by atoms with Gasteiger partial charge in [-0.2, -0.15) is 0 Å². The van der Waals surface area contributed by atoms with Crippen molar-refractivity contribution in [1.29, 1.82) is 0 Å². The molecule has 1 aliphatic heterocycles. The second-order valence-corrected chi connectivity index (χ2v) is 7.44. The molecule has 0 bridgehead atoms. The number of carbonyl (C=O) groups excluding carboxylic acids is 2. The van der Waals surface area contributed by atoms with Gasteiger partial charge in [0.25, 0.3) is 11.8 Å². The molecule has 2 rings (SSSR count). The number of hydrogen-bond donors (Lipinski definition) is 1. The minimum Gasteiger partial charge on any atom is -0.481 e. The van der Waals surface area contributed by atoms with Crippen molar-refractivity contribution in [2.45, 2.75) is 12.8 Å². The van der Waals surface area contributed by atoms with Crippen LogP contribution in [0, 0.1) is 0 Å². The first kappa shape index (κ1) is 17.1. The Morgan fingerprint density at radius 2 is 1.33 bits per heavy atom. The van der Waals surface area contributed by atoms with Gasteiger partial charge < -0.3 is 5.11 Å². The van der Waals surface area contributed by atoms with Crippen LogP contribution in [0.1, 0.15) is 33.6 Å². The van der Waals surface area contributed by atoms with E-state index in [2.05, 4.69) is 63.7 Å². The Bertz CT molecular complexity index is 627. The Kier molecular flexibility index (Phi) is 5.27. The van der Waals surface area contributed by atoms with Crippen molar-refractivity contribution >= 4 is 81.5 Å². The molecule has 5 nitrogen and oxygen atoms in total. The van der Waals surface area contributed by atoms with Gasteiger partial charge in [-0.15, -0.1) is 0 Å². The van der Waals surface area contributed by atoms with Gasteiger partial charge in [-0.05, 0) is 70.1 Å². The van der Waals surface area contributed by atoms with Crippen molar-refractivity contribution in [2.75, 3.05) is 6.54 Å². The van der Waals surface area contributed by atoms with Crippen LogP contribution in [0.4, 0.5) is 0 Å². The van der Waals surface area contributed by atoms with Crippen molar-refractivity contribution in [3.63, 3.8) is 0 Å². The second kappa shape index (κ2) is 6.47. The van der Waals surface area contributed by atoms with E-state index in [4.69, 9.17) is 5.11 Å². The highest BCUT2D eigenvalue weighted by Crippen LogP contribution is 2.45. The predicted octanol–water partition coefficient (Wildman–Crippen LogP) is 4.20. The average Bonchev–Trinajstić information content (AvgIpc) is 2.67. The smallest absolute Gasteiger partial charge is 0.303 e. The van der Waals surface area contributed by atoms with Crippen molar-refractivity contribution < 1.29 is 19.5 Å². The number of fused-ring (bicyclic) bond motifs is 1. The predicted molar refractivity (Wildman–Crippen MR) is 89.5 cm³/mol. The third-order valence-electron chi connectivity index (χ3n) is 2.96. The number of benzene rings is 1. The molecular weight excluding hydrogens is 542 g/mol. The van der Waals surface area contributed by atoms with Crippen LogP contribution in [0.15, 0.2) is 17.9 Å². The number of carbonyl (C=O) groups is 3. The molecule has 0 fully saturated rings. The van der Waals surface area contributed by atoms with Gasteiger partial charge in [0, 0.05) is 30.9 Å². The Balaban J connectivity index is 2.41. The fraction of sp³-hybridized carbons (Fsp3) is 0.250. The topological polar surface area (TPSA) is 74.7 Å². The fourth-order valence-corrected chi connectivity index (χ4v) is 4.44. The number of rotatable bonds is 4. The lowest BCUT2D eigenvalue weighted by molar-refractivity contribution is -0.137. The third-order valence-corrected chi connectivity index (χ3v) is 7.73. The summed E-state index contributed by atoms with van der Waals surface area (Å²) < 4.78 is 2.24. The summed E-state index contributed by atoms with van der Waals surface area (Å²) in [4.78, 5) is 36.4. The molecule has 0 saturated heterocycles. The van der Waals surface area contributed by atoms with E-state index >= 15 is 0 Å². The maximum atomic E-state index is 12.4. The minimum absolute atomic E-state index is 0.0762. The molecule has 0 atom stereocenters. The fourth-order valence-electron chi connectivity index (χ4n) is 1.99. The first-order chi connectivity index (χ1) is 9.77. The van der Waals surface area contributed by atoms with Gasteiger partial charge in [0.15, 0.2) is 0 Å². The summed E-state index contributed by atoms with van der Waals surface area (Å²) in [6, 6.07) is 0. The monoisotopic (exact) mass is 545 g/mol. The highest BCUT2D eigenvalue weighted by atomic mass is 79.9. The van der Waals surface area contributed by atoms with E-state index in [-0.39, 0.29) is 30.5 Å². The molecule has 0 radical (unpaired) electrons. The zero-order valence-corrected chi connectivity index (χ0v) is 16.6. The Morgan fingerprint density at radius 3 is 1.71 bits per heavy atom. The Labute approximate surface area is 153 Å². The lowest BCUT2D eigenvalue weighted by Crippen LogP contribution is -2.31. The molecule has 9 heteroatoms. The molecular formula is C12H7Br4NO4. The minimum atomic E-state index is -0.959. The quantitative estimate of drug-likeness (QED) is 0.348. The molecule has 0 aliphatic carbocycles. The van der Waals surface area contributed by atoms with Crippen LogP contribution in [0.2, 0.25) is 0 Å². The SMILES string of the molecule is O=C(O)CCCN1C(=O)c2c(Br)c(Br)c(Br)c(Br)c2C1=O. The summed E-state index contributed by atoms with van der Waals surface area (Å²) in [5.41, 5.74) is 0.551. The van der Waals surface area contributed by atoms with Crippen molar-refractivity contribution in [1.82, 2.24) is 4.90 Å². The average molecular weight is 549 g/mol. The van der Waals surface area contributed by atoms with Crippen LogP contribution in [-0.4, -0.2) is 34.3 Å². The zero-order chi connectivity index (χ0) is 15.9. The number of halogens is 4. The highest BCUT2D eigenvalue weighted by Gasteiger charge is 2.40. The molecule has 1 aromatic rings. The molecule has 1 heterocycles. The van der Waals surface area contributed by atoms with Crippen molar-refractivity contribution in [3.05, 3.63) is 29.0 Å². The summed E-state index contributed by atoms with van der Waals surface area (Å²) >= 11 is 13.3. The standard InChI is InChI=1S/C12H7Br4NO4/c13-7-5-6(8(14)10(16)9(7)15)12(21)17(11(5)20)3-1-2-4(18)19/h1-3H2,(H,18,19). The molecule has 0 spiro atoms.